The first-order chi connectivity index (χ1) is 14.6. The van der Waals surface area contributed by atoms with Gasteiger partial charge in [-0.15, -0.1) is 0 Å². The van der Waals surface area contributed by atoms with E-state index in [0.717, 1.165) is 124 Å². The van der Waals surface area contributed by atoms with Crippen LogP contribution in [0.1, 0.15) is 136 Å². The third-order valence-corrected chi connectivity index (χ3v) is 9.82. The van der Waals surface area contributed by atoms with E-state index < -0.39 is 0 Å². The summed E-state index contributed by atoms with van der Waals surface area (Å²) < 4.78 is 6.32. The molecule has 0 nitrogen and oxygen atoms in total. The first kappa shape index (κ1) is 45.1. The molecule has 2 saturated heterocycles. The number of hydrogen-bond donors (Lipinski definition) is 0. The Morgan fingerprint density at radius 1 is 0.469 bits per heavy atom. The van der Waals surface area contributed by atoms with Crippen molar-refractivity contribution >= 4 is 0 Å². The van der Waals surface area contributed by atoms with Gasteiger partial charge in [-0.25, -0.2) is 0 Å². The van der Waals surface area contributed by atoms with Gasteiger partial charge < -0.3 is 0 Å². The second kappa shape index (κ2) is 36.3. The fraction of sp³-hybridized carbons (Fsp3) is 1.00. The van der Waals surface area contributed by atoms with Gasteiger partial charge in [0.25, 0.3) is 0 Å². The average molecular weight is 693 g/mol. The molecule has 206 valence electrons. The Hall–Kier alpha value is 3.14. The summed E-state index contributed by atoms with van der Waals surface area (Å²) in [7, 11) is 0. The van der Waals surface area contributed by atoms with Crippen molar-refractivity contribution in [3.05, 3.63) is 0 Å². The summed E-state index contributed by atoms with van der Waals surface area (Å²) in [5.74, 6) is 5.70. The first-order valence-electron chi connectivity index (χ1n) is 13.6. The van der Waals surface area contributed by atoms with Crippen molar-refractivity contribution < 1.29 is 88.4 Å². The van der Waals surface area contributed by atoms with Crippen LogP contribution in [0.15, 0.2) is 0 Å². The molecule has 2 heterocycles. The van der Waals surface area contributed by atoms with E-state index in [1.807, 2.05) is 27.7 Å². The van der Waals surface area contributed by atoms with Gasteiger partial charge in [0.05, 0.1) is 0 Å². The maximum absolute atomic E-state index is 2.38. The van der Waals surface area contributed by atoms with Crippen molar-refractivity contribution in [3.8, 4) is 0 Å². The van der Waals surface area contributed by atoms with Crippen molar-refractivity contribution in [2.75, 3.05) is 0 Å². The van der Waals surface area contributed by atoms with Crippen LogP contribution in [-0.4, -0.2) is 0 Å². The van der Waals surface area contributed by atoms with Gasteiger partial charge in [-0.2, -0.15) is 0 Å². The molecule has 0 saturated carbocycles. The molecule has 0 N–H and O–H groups in total. The Bertz CT molecular complexity index is 259. The minimum absolute atomic E-state index is 0. The van der Waals surface area contributed by atoms with Gasteiger partial charge in [-0.1, -0.05) is 76.7 Å². The van der Waals surface area contributed by atoms with Gasteiger partial charge >= 0.3 is 175 Å². The normalized spacial score (nSPS) is 18.5. The predicted molar refractivity (Wildman–Crippen MR) is 149 cm³/mol. The third kappa shape index (κ3) is 43.2. The maximum atomic E-state index is 2.38. The summed E-state index contributed by atoms with van der Waals surface area (Å²) in [4.78, 5) is 0. The van der Waals surface area contributed by atoms with Crippen LogP contribution in [0.3, 0.4) is 0 Å². The molecule has 32 heavy (non-hydrogen) atoms. The molecule has 2 heteroatoms. The zero-order valence-electron chi connectivity index (χ0n) is 24.5. The summed E-state index contributed by atoms with van der Waals surface area (Å²) >= 11 is 1.60. The Morgan fingerprint density at radius 3 is 0.969 bits per heavy atom. The van der Waals surface area contributed by atoms with Gasteiger partial charge in [0.15, 0.2) is 0 Å². The molecule has 0 amide bonds. The van der Waals surface area contributed by atoms with Crippen molar-refractivity contribution in [2.24, 2.45) is 35.5 Å². The molecule has 2 aliphatic rings. The van der Waals surface area contributed by atoms with Crippen molar-refractivity contribution in [3.63, 3.8) is 0 Å². The van der Waals surface area contributed by atoms with Crippen molar-refractivity contribution in [1.29, 1.82) is 0 Å². The molecule has 1 atom stereocenters. The average Bonchev–Trinajstić information content (AvgIpc) is 3.01. The standard InChI is InChI=1S/C9H18Xe.C8H16Xe.2C4H10.2C2H6.CH4/c1-8(2)9-4-3-6-10-7-5-9;1-7(2)8-3-5-9-6-4-8;2*1-4(2)3;2*1-2;/h8-9H,3-7H2,1-2H3;7-8H,3-6H2,1-2H3;2*4H,1-3H3;2*1-2H3;1H4. The Balaban J connectivity index is -0.000000101. The molecule has 0 radical (unpaired) electrons. The van der Waals surface area contributed by atoms with Gasteiger partial charge in [0.1, 0.15) is 0 Å². The van der Waals surface area contributed by atoms with E-state index in [1.165, 1.54) is 32.1 Å². The molecule has 0 aromatic rings. The summed E-state index contributed by atoms with van der Waals surface area (Å²) in [5, 5.41) is 0. The predicted octanol–water partition coefficient (Wildman–Crippen LogP) is 12.4. The Kier molecular flexibility index (Phi) is 51.1. The van der Waals surface area contributed by atoms with Gasteiger partial charge in [-0.05, 0) is 11.8 Å². The molecule has 1 unspecified atom stereocenters. The zero-order chi connectivity index (χ0) is 25.2. The van der Waals surface area contributed by atoms with E-state index in [9.17, 15) is 0 Å². The monoisotopic (exact) mass is 694 g/mol. The second-order valence-corrected chi connectivity index (χ2v) is 16.1. The van der Waals surface area contributed by atoms with E-state index >= 15 is 0 Å². The van der Waals surface area contributed by atoms with Crippen LogP contribution in [0.5, 0.6) is 0 Å². The van der Waals surface area contributed by atoms with Crippen LogP contribution in [0.4, 0.5) is 0 Å². The van der Waals surface area contributed by atoms with E-state index in [2.05, 4.69) is 69.2 Å². The van der Waals surface area contributed by atoms with Crippen LogP contribution in [0.25, 0.3) is 0 Å². The van der Waals surface area contributed by atoms with E-state index in [1.54, 1.807) is 3.56 Å². The summed E-state index contributed by atoms with van der Waals surface area (Å²) in [5.41, 5.74) is 0. The van der Waals surface area contributed by atoms with Gasteiger partial charge in [0.2, 0.25) is 0 Å². The number of hydrogen-bond acceptors (Lipinski definition) is 0. The van der Waals surface area contributed by atoms with E-state index in [4.69, 9.17) is 0 Å². The molecule has 0 aromatic heterocycles. The van der Waals surface area contributed by atoms with E-state index in [-0.39, 0.29) is 7.43 Å². The fourth-order valence-electron chi connectivity index (χ4n) is 2.83. The van der Waals surface area contributed by atoms with Crippen LogP contribution in [0, 0.1) is 124 Å². The molecular weight excluding hydrogens is 623 g/mol. The third-order valence-electron chi connectivity index (χ3n) is 4.50. The van der Waals surface area contributed by atoms with Crippen LogP contribution >= 0.6 is 0 Å². The molecule has 0 aromatic carbocycles. The first-order valence-corrected chi connectivity index (χ1v) is 19.3. The van der Waals surface area contributed by atoms with Gasteiger partial charge in [0, 0.05) is 0 Å². The van der Waals surface area contributed by atoms with Crippen LogP contribution in [0.2, 0.25) is 3.56 Å². The summed E-state index contributed by atoms with van der Waals surface area (Å²) in [6, 6.07) is 0. The Labute approximate surface area is 259 Å². The topological polar surface area (TPSA) is 0 Å². The molecule has 0 aliphatic carbocycles. The zero-order valence-corrected chi connectivity index (χ0v) is 28.6. The van der Waals surface area contributed by atoms with Crippen LogP contribution < -0.4 is 0 Å². The molecule has 0 bridgehead atoms. The Morgan fingerprint density at radius 2 is 0.719 bits per heavy atom. The van der Waals surface area contributed by atoms with Crippen molar-refractivity contribution in [1.82, 2.24) is 0 Å². The fourth-order valence-corrected chi connectivity index (χ4v) is 8.24. The number of rotatable bonds is 2. The SMILES string of the molecule is C.CC.CC.CC(C)C.CC(C)C.CC(C)C1CCC[Xe]CC1.CC(C)C1CC[Xe]CC1. The quantitative estimate of drug-likeness (QED) is 0.270. The van der Waals surface area contributed by atoms with E-state index in [0.29, 0.717) is 0 Å². The second-order valence-electron chi connectivity index (χ2n) is 10.0. The minimum atomic E-state index is 0. The molecule has 2 aliphatic heterocycles. The molecular formula is C30H70Xe2. The molecule has 0 spiro atoms. The van der Waals surface area contributed by atoms with Crippen molar-refractivity contribution in [2.45, 2.75) is 140 Å². The molecule has 2 rings (SSSR count). The van der Waals surface area contributed by atoms with Gasteiger partial charge in [-0.3, -0.25) is 0 Å². The van der Waals surface area contributed by atoms with Crippen LogP contribution in [-0.2, 0) is 0 Å². The summed E-state index contributed by atoms with van der Waals surface area (Å²) in [6.07, 6.45) is 7.66. The summed E-state index contributed by atoms with van der Waals surface area (Å²) in [6.45, 7) is 30.5. The molecule has 2 fully saturated rings.